The largest absolute Gasteiger partial charge is 0.359 e. The monoisotopic (exact) mass is 333 g/mol. The number of fused-ring (bicyclic) bond motifs is 1. The zero-order chi connectivity index (χ0) is 17.1. The molecule has 25 heavy (non-hydrogen) atoms. The van der Waals surface area contributed by atoms with Crippen LogP contribution >= 0.6 is 0 Å². The Labute approximate surface area is 146 Å². The van der Waals surface area contributed by atoms with Crippen molar-refractivity contribution in [2.45, 2.75) is 25.8 Å². The summed E-state index contributed by atoms with van der Waals surface area (Å²) in [5.41, 5.74) is 4.08. The Morgan fingerprint density at radius 2 is 1.96 bits per heavy atom. The molecule has 2 aromatic heterocycles. The summed E-state index contributed by atoms with van der Waals surface area (Å²) in [5.74, 6) is 0.726. The summed E-state index contributed by atoms with van der Waals surface area (Å²) in [7, 11) is 0. The minimum Gasteiger partial charge on any atom is -0.359 e. The third-order valence-electron chi connectivity index (χ3n) is 4.64. The zero-order valence-corrected chi connectivity index (χ0v) is 13.8. The Kier molecular flexibility index (Phi) is 4.29. The highest BCUT2D eigenvalue weighted by atomic mass is 16.5. The van der Waals surface area contributed by atoms with Crippen LogP contribution in [0.1, 0.15) is 23.3 Å². The number of carbonyl (C=O) groups is 1. The molecule has 126 valence electrons. The first kappa shape index (κ1) is 15.6. The first-order valence-corrected chi connectivity index (χ1v) is 8.51. The van der Waals surface area contributed by atoms with E-state index in [1.807, 2.05) is 30.3 Å². The molecule has 1 N–H and O–H groups in total. The highest BCUT2D eigenvalue weighted by molar-refractivity contribution is 5.79. The number of pyridine rings is 1. The number of aromatic nitrogens is 2. The van der Waals surface area contributed by atoms with Crippen LogP contribution in [0.2, 0.25) is 0 Å². The number of amides is 1. The maximum absolute atomic E-state index is 12.5. The molecule has 1 amide bonds. The molecule has 0 saturated carbocycles. The van der Waals surface area contributed by atoms with Crippen molar-refractivity contribution >= 4 is 5.91 Å². The van der Waals surface area contributed by atoms with E-state index in [9.17, 15) is 4.79 Å². The average molecular weight is 333 g/mol. The maximum Gasteiger partial charge on any atom is 0.223 e. The van der Waals surface area contributed by atoms with Crippen molar-refractivity contribution < 1.29 is 9.32 Å². The first-order valence-electron chi connectivity index (χ1n) is 8.51. The van der Waals surface area contributed by atoms with Crippen molar-refractivity contribution in [3.63, 3.8) is 0 Å². The predicted molar refractivity (Wildman–Crippen MR) is 93.5 cm³/mol. The molecule has 3 aromatic rings. The summed E-state index contributed by atoms with van der Waals surface area (Å²) >= 11 is 0. The van der Waals surface area contributed by atoms with Gasteiger partial charge in [0.25, 0.3) is 0 Å². The Bertz CT molecular complexity index is 873. The van der Waals surface area contributed by atoms with Crippen molar-refractivity contribution in [1.82, 2.24) is 15.5 Å². The van der Waals surface area contributed by atoms with Crippen LogP contribution in [0, 0.1) is 5.92 Å². The topological polar surface area (TPSA) is 68.0 Å². The maximum atomic E-state index is 12.5. The molecule has 0 spiro atoms. The van der Waals surface area contributed by atoms with Crippen molar-refractivity contribution in [3.05, 3.63) is 71.6 Å². The first-order chi connectivity index (χ1) is 12.3. The highest BCUT2D eigenvalue weighted by Crippen LogP contribution is 2.25. The highest BCUT2D eigenvalue weighted by Gasteiger charge is 2.24. The number of nitrogens with zero attached hydrogens (tertiary/aromatic N) is 2. The van der Waals surface area contributed by atoms with Crippen LogP contribution in [0.3, 0.4) is 0 Å². The quantitative estimate of drug-likeness (QED) is 0.796. The number of hydrogen-bond donors (Lipinski definition) is 1. The molecule has 0 fully saturated rings. The van der Waals surface area contributed by atoms with Gasteiger partial charge in [-0.1, -0.05) is 35.5 Å². The molecule has 0 radical (unpaired) electrons. The van der Waals surface area contributed by atoms with Gasteiger partial charge in [-0.25, -0.2) is 0 Å². The Hall–Kier alpha value is -2.95. The molecule has 1 aliphatic carbocycles. The second-order valence-corrected chi connectivity index (χ2v) is 6.32. The van der Waals surface area contributed by atoms with Crippen LogP contribution in [0.15, 0.2) is 59.3 Å². The second-order valence-electron chi connectivity index (χ2n) is 6.32. The van der Waals surface area contributed by atoms with E-state index in [1.165, 1.54) is 11.1 Å². The van der Waals surface area contributed by atoms with Gasteiger partial charge in [-0.2, -0.15) is 0 Å². The molecule has 2 heterocycles. The van der Waals surface area contributed by atoms with Gasteiger partial charge in [-0.3, -0.25) is 9.78 Å². The minimum atomic E-state index is 0.0214. The fourth-order valence-corrected chi connectivity index (χ4v) is 3.27. The van der Waals surface area contributed by atoms with E-state index in [2.05, 4.69) is 33.7 Å². The average Bonchev–Trinajstić information content (AvgIpc) is 3.15. The molecule has 0 aliphatic heterocycles. The molecule has 4 rings (SSSR count). The van der Waals surface area contributed by atoms with Gasteiger partial charge in [-0.15, -0.1) is 0 Å². The number of carbonyl (C=O) groups excluding carboxylic acids is 1. The summed E-state index contributed by atoms with van der Waals surface area (Å²) in [6.07, 6.45) is 4.36. The molecule has 1 aliphatic rings. The third-order valence-corrected chi connectivity index (χ3v) is 4.64. The molecule has 5 nitrogen and oxygen atoms in total. The number of rotatable bonds is 4. The van der Waals surface area contributed by atoms with E-state index in [-0.39, 0.29) is 11.8 Å². The minimum absolute atomic E-state index is 0.0214. The Morgan fingerprint density at radius 1 is 1.12 bits per heavy atom. The van der Waals surface area contributed by atoms with Crippen LogP contribution in [0.4, 0.5) is 0 Å². The zero-order valence-electron chi connectivity index (χ0n) is 13.8. The van der Waals surface area contributed by atoms with Gasteiger partial charge in [0.1, 0.15) is 5.69 Å². The standard InChI is InChI=1S/C20H19N3O2/c24-20(16-9-8-14-5-1-2-6-15(14)11-16)22-13-17-12-19(23-25-17)18-7-3-4-10-21-18/h1-7,10,12,16H,8-9,11,13H2,(H,22,24)/t16-/m1/s1. The van der Waals surface area contributed by atoms with Crippen molar-refractivity contribution in [3.8, 4) is 11.4 Å². The van der Waals surface area contributed by atoms with E-state index in [0.29, 0.717) is 18.0 Å². The van der Waals surface area contributed by atoms with Crippen molar-refractivity contribution in [1.29, 1.82) is 0 Å². The smallest absolute Gasteiger partial charge is 0.223 e. The van der Waals surface area contributed by atoms with Crippen LogP contribution in [-0.2, 0) is 24.2 Å². The number of benzene rings is 1. The van der Waals surface area contributed by atoms with E-state index < -0.39 is 0 Å². The predicted octanol–water partition coefficient (Wildman–Crippen LogP) is 3.16. The summed E-state index contributed by atoms with van der Waals surface area (Å²) in [4.78, 5) is 16.7. The lowest BCUT2D eigenvalue weighted by atomic mass is 9.83. The second kappa shape index (κ2) is 6.89. The molecule has 1 aromatic carbocycles. The lowest BCUT2D eigenvalue weighted by Gasteiger charge is -2.23. The molecule has 0 saturated heterocycles. The molecular formula is C20H19N3O2. The Balaban J connectivity index is 1.36. The van der Waals surface area contributed by atoms with E-state index in [1.54, 1.807) is 6.20 Å². The normalized spacial score (nSPS) is 16.2. The van der Waals surface area contributed by atoms with Gasteiger partial charge in [0, 0.05) is 18.2 Å². The third kappa shape index (κ3) is 3.45. The fourth-order valence-electron chi connectivity index (χ4n) is 3.27. The van der Waals surface area contributed by atoms with E-state index in [4.69, 9.17) is 4.52 Å². The van der Waals surface area contributed by atoms with Crippen LogP contribution in [-0.4, -0.2) is 16.0 Å². The molecular weight excluding hydrogens is 314 g/mol. The molecule has 5 heteroatoms. The molecule has 1 atom stereocenters. The van der Waals surface area contributed by atoms with Crippen molar-refractivity contribution in [2.24, 2.45) is 5.92 Å². The SMILES string of the molecule is O=C(NCc1cc(-c2ccccn2)no1)[C@@H]1CCc2ccccc2C1. The summed E-state index contributed by atoms with van der Waals surface area (Å²) in [6.45, 7) is 0.344. The van der Waals surface area contributed by atoms with Gasteiger partial charge < -0.3 is 9.84 Å². The number of hydrogen-bond acceptors (Lipinski definition) is 4. The fraction of sp³-hybridized carbons (Fsp3) is 0.250. The number of nitrogens with one attached hydrogen (secondary N) is 1. The number of aryl methyl sites for hydroxylation is 1. The van der Waals surface area contributed by atoms with Gasteiger partial charge >= 0.3 is 0 Å². The van der Waals surface area contributed by atoms with Crippen LogP contribution in [0.25, 0.3) is 11.4 Å². The molecule has 0 bridgehead atoms. The molecule has 0 unspecified atom stereocenters. The van der Waals surface area contributed by atoms with Gasteiger partial charge in [0.15, 0.2) is 5.76 Å². The van der Waals surface area contributed by atoms with Crippen molar-refractivity contribution in [2.75, 3.05) is 0 Å². The summed E-state index contributed by atoms with van der Waals surface area (Å²) < 4.78 is 5.31. The van der Waals surface area contributed by atoms with Crippen LogP contribution < -0.4 is 5.32 Å². The summed E-state index contributed by atoms with van der Waals surface area (Å²) in [5, 5.41) is 6.99. The van der Waals surface area contributed by atoms with Gasteiger partial charge in [0.2, 0.25) is 5.91 Å². The summed E-state index contributed by atoms with van der Waals surface area (Å²) in [6, 6.07) is 15.8. The van der Waals surface area contributed by atoms with Gasteiger partial charge in [0.05, 0.1) is 12.2 Å². The lowest BCUT2D eigenvalue weighted by molar-refractivity contribution is -0.125. The van der Waals surface area contributed by atoms with Crippen LogP contribution in [0.5, 0.6) is 0 Å². The van der Waals surface area contributed by atoms with E-state index in [0.717, 1.165) is 25.0 Å². The van der Waals surface area contributed by atoms with E-state index >= 15 is 0 Å². The van der Waals surface area contributed by atoms with Gasteiger partial charge in [-0.05, 0) is 42.5 Å². The lowest BCUT2D eigenvalue weighted by Crippen LogP contribution is -2.33. The Morgan fingerprint density at radius 3 is 2.80 bits per heavy atom.